The maximum Gasteiger partial charge on any atom is 0.234 e. The molecule has 1 fully saturated rings. The molecule has 0 saturated carbocycles. The van der Waals surface area contributed by atoms with Gasteiger partial charge in [-0.2, -0.15) is 0 Å². The number of amides is 1. The highest BCUT2D eigenvalue weighted by Gasteiger charge is 2.23. The van der Waals surface area contributed by atoms with Crippen molar-refractivity contribution in [3.05, 3.63) is 36.0 Å². The number of nitrogens with zero attached hydrogens (tertiary/aromatic N) is 1. The Morgan fingerprint density at radius 1 is 1.30 bits per heavy atom. The Hall–Kier alpha value is -1.85. The lowest BCUT2D eigenvalue weighted by Gasteiger charge is -2.34. The summed E-state index contributed by atoms with van der Waals surface area (Å²) in [6, 6.07) is 8.24. The molecule has 1 aliphatic rings. The second-order valence-electron chi connectivity index (χ2n) is 6.41. The molecule has 0 spiro atoms. The molecule has 2 N–H and O–H groups in total. The summed E-state index contributed by atoms with van der Waals surface area (Å²) in [6.07, 6.45) is 3.25. The summed E-state index contributed by atoms with van der Waals surface area (Å²) in [5, 5.41) is 4.26. The van der Waals surface area contributed by atoms with Gasteiger partial charge in [0.15, 0.2) is 0 Å². The third-order valence-electron chi connectivity index (χ3n) is 4.25. The van der Waals surface area contributed by atoms with Crippen LogP contribution in [0.4, 0.5) is 0 Å². The number of rotatable bonds is 5. The predicted octanol–water partition coefficient (Wildman–Crippen LogP) is 1.94. The van der Waals surface area contributed by atoms with Crippen molar-refractivity contribution in [3.8, 4) is 0 Å². The first-order chi connectivity index (χ1) is 11.1. The number of aromatic nitrogens is 1. The summed E-state index contributed by atoms with van der Waals surface area (Å²) >= 11 is 0. The summed E-state index contributed by atoms with van der Waals surface area (Å²) in [4.78, 5) is 17.5. The minimum Gasteiger partial charge on any atom is -0.373 e. The molecule has 0 aliphatic carbocycles. The Bertz CT molecular complexity index is 657. The van der Waals surface area contributed by atoms with Crippen LogP contribution in [0.25, 0.3) is 10.9 Å². The Kier molecular flexibility index (Phi) is 4.98. The molecule has 5 nitrogen and oxygen atoms in total. The molecule has 1 aromatic heterocycles. The molecule has 5 heteroatoms. The number of carbonyl (C=O) groups is 1. The van der Waals surface area contributed by atoms with E-state index in [2.05, 4.69) is 41.2 Å². The van der Waals surface area contributed by atoms with E-state index in [4.69, 9.17) is 4.74 Å². The number of para-hydroxylation sites is 1. The standard InChI is InChI=1S/C18H25N3O2/c1-13-10-21(11-14(2)23-13)12-18(22)19-8-7-15-9-20-17-6-4-3-5-16(15)17/h3-6,9,13-14,20H,7-8,10-12H2,1-2H3,(H,19,22)/t13-,14-/m0/s1. The SMILES string of the molecule is C[C@H]1CN(CC(=O)NCCc2c[nH]c3ccccc23)C[C@H](C)O1. The first-order valence-electron chi connectivity index (χ1n) is 8.31. The quantitative estimate of drug-likeness (QED) is 0.886. The van der Waals surface area contributed by atoms with Crippen molar-refractivity contribution < 1.29 is 9.53 Å². The Labute approximate surface area is 137 Å². The van der Waals surface area contributed by atoms with E-state index in [1.54, 1.807) is 0 Å². The van der Waals surface area contributed by atoms with E-state index < -0.39 is 0 Å². The molecular weight excluding hydrogens is 290 g/mol. The molecule has 124 valence electrons. The Balaban J connectivity index is 1.46. The van der Waals surface area contributed by atoms with Gasteiger partial charge < -0.3 is 15.0 Å². The van der Waals surface area contributed by atoms with Crippen LogP contribution in [0.1, 0.15) is 19.4 Å². The maximum atomic E-state index is 12.1. The zero-order chi connectivity index (χ0) is 16.2. The number of carbonyl (C=O) groups excluding carboxylic acids is 1. The molecule has 1 amide bonds. The number of fused-ring (bicyclic) bond motifs is 1. The summed E-state index contributed by atoms with van der Waals surface area (Å²) < 4.78 is 5.69. The molecule has 1 aromatic carbocycles. The lowest BCUT2D eigenvalue weighted by atomic mass is 10.1. The first-order valence-corrected chi connectivity index (χ1v) is 8.31. The van der Waals surface area contributed by atoms with Crippen LogP contribution in [0, 0.1) is 0 Å². The average Bonchev–Trinajstić information content (AvgIpc) is 2.90. The van der Waals surface area contributed by atoms with Gasteiger partial charge in [-0.05, 0) is 31.9 Å². The van der Waals surface area contributed by atoms with Crippen molar-refractivity contribution in [2.75, 3.05) is 26.2 Å². The van der Waals surface area contributed by atoms with E-state index in [1.165, 1.54) is 10.9 Å². The topological polar surface area (TPSA) is 57.4 Å². The molecule has 1 aliphatic heterocycles. The fourth-order valence-electron chi connectivity index (χ4n) is 3.35. The number of nitrogens with one attached hydrogen (secondary N) is 2. The number of benzene rings is 1. The molecule has 0 bridgehead atoms. The van der Waals surface area contributed by atoms with E-state index in [-0.39, 0.29) is 18.1 Å². The second kappa shape index (κ2) is 7.15. The van der Waals surface area contributed by atoms with Gasteiger partial charge in [-0.3, -0.25) is 9.69 Å². The van der Waals surface area contributed by atoms with Crippen LogP contribution >= 0.6 is 0 Å². The monoisotopic (exact) mass is 315 g/mol. The van der Waals surface area contributed by atoms with Gasteiger partial charge in [0.25, 0.3) is 0 Å². The summed E-state index contributed by atoms with van der Waals surface area (Å²) in [7, 11) is 0. The average molecular weight is 315 g/mol. The van der Waals surface area contributed by atoms with Crippen LogP contribution in [0.2, 0.25) is 0 Å². The van der Waals surface area contributed by atoms with Gasteiger partial charge in [0, 0.05) is 36.7 Å². The molecule has 23 heavy (non-hydrogen) atoms. The normalized spacial score (nSPS) is 22.3. The van der Waals surface area contributed by atoms with Gasteiger partial charge in [0.1, 0.15) is 0 Å². The highest BCUT2D eigenvalue weighted by molar-refractivity contribution is 5.83. The Morgan fingerprint density at radius 2 is 2.04 bits per heavy atom. The van der Waals surface area contributed by atoms with E-state index in [0.29, 0.717) is 13.1 Å². The summed E-state index contributed by atoms with van der Waals surface area (Å²) in [5.41, 5.74) is 2.39. The van der Waals surface area contributed by atoms with E-state index in [1.807, 2.05) is 18.3 Å². The van der Waals surface area contributed by atoms with Crippen LogP contribution in [0.15, 0.2) is 30.5 Å². The summed E-state index contributed by atoms with van der Waals surface area (Å²) in [6.45, 7) is 6.86. The van der Waals surface area contributed by atoms with Crippen LogP contribution < -0.4 is 5.32 Å². The molecule has 0 unspecified atom stereocenters. The third-order valence-corrected chi connectivity index (χ3v) is 4.25. The minimum atomic E-state index is 0.0890. The van der Waals surface area contributed by atoms with Crippen molar-refractivity contribution >= 4 is 16.8 Å². The number of H-pyrrole nitrogens is 1. The van der Waals surface area contributed by atoms with Crippen LogP contribution in [0.5, 0.6) is 0 Å². The lowest BCUT2D eigenvalue weighted by Crippen LogP contribution is -2.49. The zero-order valence-electron chi connectivity index (χ0n) is 13.8. The highest BCUT2D eigenvalue weighted by Crippen LogP contribution is 2.17. The molecule has 1 saturated heterocycles. The van der Waals surface area contributed by atoms with Crippen molar-refractivity contribution in [2.24, 2.45) is 0 Å². The number of hydrogen-bond donors (Lipinski definition) is 2. The van der Waals surface area contributed by atoms with Gasteiger partial charge in [-0.15, -0.1) is 0 Å². The van der Waals surface area contributed by atoms with E-state index >= 15 is 0 Å². The lowest BCUT2D eigenvalue weighted by molar-refractivity contribution is -0.125. The zero-order valence-corrected chi connectivity index (χ0v) is 13.8. The smallest absolute Gasteiger partial charge is 0.234 e. The van der Waals surface area contributed by atoms with Gasteiger partial charge in [-0.1, -0.05) is 18.2 Å². The van der Waals surface area contributed by atoms with Gasteiger partial charge >= 0.3 is 0 Å². The molecular formula is C18H25N3O2. The molecule has 2 heterocycles. The fraction of sp³-hybridized carbons (Fsp3) is 0.500. The molecule has 2 atom stereocenters. The van der Waals surface area contributed by atoms with Gasteiger partial charge in [0.2, 0.25) is 5.91 Å². The van der Waals surface area contributed by atoms with Crippen molar-refractivity contribution in [1.29, 1.82) is 0 Å². The first kappa shape index (κ1) is 16.0. The van der Waals surface area contributed by atoms with E-state index in [9.17, 15) is 4.79 Å². The van der Waals surface area contributed by atoms with E-state index in [0.717, 1.165) is 25.0 Å². The molecule has 2 aromatic rings. The highest BCUT2D eigenvalue weighted by atomic mass is 16.5. The maximum absolute atomic E-state index is 12.1. The summed E-state index contributed by atoms with van der Waals surface area (Å²) in [5.74, 6) is 0.0890. The predicted molar refractivity (Wildman–Crippen MR) is 91.5 cm³/mol. The molecule has 3 rings (SSSR count). The fourth-order valence-corrected chi connectivity index (χ4v) is 3.35. The van der Waals surface area contributed by atoms with Gasteiger partial charge in [0.05, 0.1) is 18.8 Å². The Morgan fingerprint density at radius 3 is 2.83 bits per heavy atom. The largest absolute Gasteiger partial charge is 0.373 e. The number of hydrogen-bond acceptors (Lipinski definition) is 3. The van der Waals surface area contributed by atoms with Crippen molar-refractivity contribution in [1.82, 2.24) is 15.2 Å². The number of morpholine rings is 1. The van der Waals surface area contributed by atoms with Crippen LogP contribution in [-0.2, 0) is 16.0 Å². The second-order valence-corrected chi connectivity index (χ2v) is 6.41. The van der Waals surface area contributed by atoms with Gasteiger partial charge in [-0.25, -0.2) is 0 Å². The van der Waals surface area contributed by atoms with Crippen molar-refractivity contribution in [2.45, 2.75) is 32.5 Å². The number of ether oxygens (including phenoxy) is 1. The minimum absolute atomic E-state index is 0.0890. The van der Waals surface area contributed by atoms with Crippen LogP contribution in [0.3, 0.4) is 0 Å². The van der Waals surface area contributed by atoms with Crippen molar-refractivity contribution in [3.63, 3.8) is 0 Å². The van der Waals surface area contributed by atoms with Crippen LogP contribution in [-0.4, -0.2) is 54.2 Å². The molecule has 0 radical (unpaired) electrons. The number of aromatic amines is 1. The third kappa shape index (κ3) is 4.12.